The van der Waals surface area contributed by atoms with Gasteiger partial charge in [0.25, 0.3) is 0 Å². The van der Waals surface area contributed by atoms with Crippen molar-refractivity contribution in [2.75, 3.05) is 19.4 Å². The maximum Gasteiger partial charge on any atom is 0.227 e. The highest BCUT2D eigenvalue weighted by atomic mass is 16.1. The molecule has 5 heteroatoms. The molecule has 0 unspecified atom stereocenters. The Morgan fingerprint density at radius 2 is 1.81 bits per heavy atom. The molecule has 2 aromatic rings. The molecule has 0 atom stereocenters. The van der Waals surface area contributed by atoms with E-state index < -0.39 is 0 Å². The molecule has 27 heavy (non-hydrogen) atoms. The summed E-state index contributed by atoms with van der Waals surface area (Å²) in [6.45, 7) is 1.29. The molecule has 2 aromatic carbocycles. The fourth-order valence-electron chi connectivity index (χ4n) is 2.96. The van der Waals surface area contributed by atoms with E-state index in [4.69, 9.17) is 4.99 Å². The fourth-order valence-corrected chi connectivity index (χ4v) is 2.96. The average molecular weight is 364 g/mol. The van der Waals surface area contributed by atoms with Gasteiger partial charge in [-0.3, -0.25) is 4.79 Å². The topological polar surface area (TPSA) is 56.7 Å². The quantitative estimate of drug-likeness (QED) is 0.608. The van der Waals surface area contributed by atoms with E-state index in [0.717, 1.165) is 43.0 Å². The number of benzene rings is 2. The van der Waals surface area contributed by atoms with E-state index in [1.807, 2.05) is 61.5 Å². The van der Waals surface area contributed by atoms with Crippen LogP contribution in [0.3, 0.4) is 0 Å². The summed E-state index contributed by atoms with van der Waals surface area (Å²) in [6, 6.07) is 18.2. The predicted molar refractivity (Wildman–Crippen MR) is 111 cm³/mol. The van der Waals surface area contributed by atoms with Gasteiger partial charge in [-0.1, -0.05) is 48.9 Å². The number of hydrogen-bond donors (Lipinski definition) is 2. The average Bonchev–Trinajstić information content (AvgIpc) is 2.61. The standard InChI is InChI=1S/C22H28N4O/c1-26(2)22(23-15-17-8-4-3-5-9-17)24-16-18-10-6-13-20(14-18)25-21(27)19-11-7-12-19/h3-6,8-10,13-14,19H,7,11-12,15-16H2,1-2H3,(H,23,24)(H,25,27). The molecule has 1 aliphatic carbocycles. The summed E-state index contributed by atoms with van der Waals surface area (Å²) in [5, 5.41) is 6.42. The van der Waals surface area contributed by atoms with E-state index in [0.29, 0.717) is 6.54 Å². The van der Waals surface area contributed by atoms with Crippen LogP contribution in [0, 0.1) is 5.92 Å². The van der Waals surface area contributed by atoms with Crippen LogP contribution < -0.4 is 10.6 Å². The van der Waals surface area contributed by atoms with Crippen LogP contribution in [-0.4, -0.2) is 30.9 Å². The zero-order chi connectivity index (χ0) is 19.1. The van der Waals surface area contributed by atoms with E-state index in [1.54, 1.807) is 0 Å². The van der Waals surface area contributed by atoms with E-state index in [9.17, 15) is 4.79 Å². The molecule has 142 valence electrons. The number of carbonyl (C=O) groups excluding carboxylic acids is 1. The molecule has 3 rings (SSSR count). The van der Waals surface area contributed by atoms with Gasteiger partial charge in [-0.2, -0.15) is 0 Å². The van der Waals surface area contributed by atoms with Crippen molar-refractivity contribution in [2.24, 2.45) is 10.9 Å². The highest BCUT2D eigenvalue weighted by molar-refractivity contribution is 5.93. The lowest BCUT2D eigenvalue weighted by Crippen LogP contribution is -2.36. The first-order valence-corrected chi connectivity index (χ1v) is 9.51. The maximum absolute atomic E-state index is 12.1. The minimum absolute atomic E-state index is 0.139. The molecule has 0 aromatic heterocycles. The van der Waals surface area contributed by atoms with Crippen molar-refractivity contribution in [1.82, 2.24) is 10.2 Å². The third-order valence-electron chi connectivity index (χ3n) is 4.80. The van der Waals surface area contributed by atoms with Gasteiger partial charge in [-0.05, 0) is 36.1 Å². The summed E-state index contributed by atoms with van der Waals surface area (Å²) in [7, 11) is 3.96. The third-order valence-corrected chi connectivity index (χ3v) is 4.80. The number of guanidine groups is 1. The summed E-state index contributed by atoms with van der Waals surface area (Å²) in [4.78, 5) is 18.8. The van der Waals surface area contributed by atoms with Crippen LogP contribution in [0.25, 0.3) is 0 Å². The molecule has 2 N–H and O–H groups in total. The van der Waals surface area contributed by atoms with Crippen molar-refractivity contribution in [3.05, 3.63) is 65.7 Å². The molecule has 1 amide bonds. The summed E-state index contributed by atoms with van der Waals surface area (Å²) < 4.78 is 0. The van der Waals surface area contributed by atoms with E-state index in [1.165, 1.54) is 5.56 Å². The number of amides is 1. The fraction of sp³-hybridized carbons (Fsp3) is 0.364. The molecule has 5 nitrogen and oxygen atoms in total. The Bertz CT molecular complexity index is 782. The number of aliphatic imine (C=N–C) groups is 1. The van der Waals surface area contributed by atoms with Crippen LogP contribution in [0.4, 0.5) is 5.69 Å². The van der Waals surface area contributed by atoms with Gasteiger partial charge >= 0.3 is 0 Å². The molecule has 0 radical (unpaired) electrons. The highest BCUT2D eigenvalue weighted by Crippen LogP contribution is 2.27. The summed E-state index contributed by atoms with van der Waals surface area (Å²) in [5.74, 6) is 1.16. The lowest BCUT2D eigenvalue weighted by molar-refractivity contribution is -0.122. The minimum atomic E-state index is 0.139. The molecule has 0 saturated heterocycles. The number of nitrogens with one attached hydrogen (secondary N) is 2. The van der Waals surface area contributed by atoms with Crippen LogP contribution in [0.2, 0.25) is 0 Å². The second kappa shape index (κ2) is 9.21. The number of anilines is 1. The maximum atomic E-state index is 12.1. The van der Waals surface area contributed by atoms with Gasteiger partial charge < -0.3 is 15.5 Å². The molecular formula is C22H28N4O. The Labute approximate surface area is 161 Å². The van der Waals surface area contributed by atoms with Crippen molar-refractivity contribution in [2.45, 2.75) is 32.4 Å². The Kier molecular flexibility index (Phi) is 6.47. The second-order valence-electron chi connectivity index (χ2n) is 7.19. The van der Waals surface area contributed by atoms with Crippen LogP contribution in [0.15, 0.2) is 59.6 Å². The molecular weight excluding hydrogens is 336 g/mol. The van der Waals surface area contributed by atoms with Crippen LogP contribution in [0.1, 0.15) is 30.4 Å². The van der Waals surface area contributed by atoms with Crippen LogP contribution in [0.5, 0.6) is 0 Å². The molecule has 1 saturated carbocycles. The largest absolute Gasteiger partial charge is 0.352 e. The van der Waals surface area contributed by atoms with E-state index in [-0.39, 0.29) is 11.8 Å². The zero-order valence-corrected chi connectivity index (χ0v) is 16.1. The van der Waals surface area contributed by atoms with E-state index in [2.05, 4.69) is 22.8 Å². The number of rotatable bonds is 6. The molecule has 0 aliphatic heterocycles. The molecule has 0 heterocycles. The highest BCUT2D eigenvalue weighted by Gasteiger charge is 2.25. The van der Waals surface area contributed by atoms with Crippen LogP contribution >= 0.6 is 0 Å². The van der Waals surface area contributed by atoms with Gasteiger partial charge in [0.1, 0.15) is 0 Å². The molecule has 0 spiro atoms. The SMILES string of the molecule is CN(C)C(=NCc1cccc(NC(=O)C2CCC2)c1)NCc1ccccc1. The first kappa shape index (κ1) is 19.0. The first-order chi connectivity index (χ1) is 13.1. The molecule has 1 aliphatic rings. The van der Waals surface area contributed by atoms with Crippen molar-refractivity contribution >= 4 is 17.6 Å². The van der Waals surface area contributed by atoms with Crippen molar-refractivity contribution < 1.29 is 4.79 Å². The predicted octanol–water partition coefficient (Wildman–Crippen LogP) is 3.63. The monoisotopic (exact) mass is 364 g/mol. The van der Waals surface area contributed by atoms with Gasteiger partial charge in [0, 0.05) is 32.2 Å². The lowest BCUT2D eigenvalue weighted by Gasteiger charge is -2.24. The van der Waals surface area contributed by atoms with E-state index >= 15 is 0 Å². The Morgan fingerprint density at radius 1 is 1.07 bits per heavy atom. The molecule has 1 fully saturated rings. The van der Waals surface area contributed by atoms with Crippen LogP contribution in [-0.2, 0) is 17.9 Å². The van der Waals surface area contributed by atoms with Crippen molar-refractivity contribution in [3.63, 3.8) is 0 Å². The normalized spacial score (nSPS) is 14.4. The smallest absolute Gasteiger partial charge is 0.227 e. The molecule has 0 bridgehead atoms. The Morgan fingerprint density at radius 3 is 2.48 bits per heavy atom. The zero-order valence-electron chi connectivity index (χ0n) is 16.1. The number of carbonyl (C=O) groups is 1. The van der Waals surface area contributed by atoms with Crippen molar-refractivity contribution in [1.29, 1.82) is 0 Å². The Hall–Kier alpha value is -2.82. The van der Waals surface area contributed by atoms with Gasteiger partial charge in [0.05, 0.1) is 6.54 Å². The number of hydrogen-bond acceptors (Lipinski definition) is 2. The number of nitrogens with zero attached hydrogens (tertiary/aromatic N) is 2. The van der Waals surface area contributed by atoms with Gasteiger partial charge in [-0.25, -0.2) is 4.99 Å². The van der Waals surface area contributed by atoms with Crippen molar-refractivity contribution in [3.8, 4) is 0 Å². The summed E-state index contributed by atoms with van der Waals surface area (Å²) in [5.41, 5.74) is 3.14. The first-order valence-electron chi connectivity index (χ1n) is 9.51. The van der Waals surface area contributed by atoms with Gasteiger partial charge in [0.15, 0.2) is 5.96 Å². The summed E-state index contributed by atoms with van der Waals surface area (Å²) in [6.07, 6.45) is 3.18. The third kappa shape index (κ3) is 5.58. The summed E-state index contributed by atoms with van der Waals surface area (Å²) >= 11 is 0. The van der Waals surface area contributed by atoms with Gasteiger partial charge in [-0.15, -0.1) is 0 Å². The van der Waals surface area contributed by atoms with Gasteiger partial charge in [0.2, 0.25) is 5.91 Å². The minimum Gasteiger partial charge on any atom is -0.352 e. The Balaban J connectivity index is 1.59. The second-order valence-corrected chi connectivity index (χ2v) is 7.19. The lowest BCUT2D eigenvalue weighted by atomic mass is 9.85.